The van der Waals surface area contributed by atoms with E-state index < -0.39 is 23.6 Å². The lowest BCUT2D eigenvalue weighted by molar-refractivity contribution is -0.132. The van der Waals surface area contributed by atoms with Crippen molar-refractivity contribution in [2.24, 2.45) is 5.92 Å². The molecule has 0 saturated heterocycles. The van der Waals surface area contributed by atoms with E-state index in [0.717, 1.165) is 67.7 Å². The maximum Gasteiger partial charge on any atom is 0.322 e. The normalized spacial score (nSPS) is 14.2. The number of nitrogens with zero attached hydrogens (tertiary/aromatic N) is 4. The standard InChI is InChI=1S/C20H23N3O3.C19H21N3O3.C18H18N2O3.C15H18N2O3/c1-13(2)14-5-7-18(8-6-14)21-20(25)23-10-9-15-11-16(19(24)22-26)3-4-17(15)12-23;1-13-2-4-14(5-3-13)11-20-19(24)22-9-8-15-10-16(18(23)21-25)6-7-17(15)12-22;21-17(10-13-4-2-1-3-5-13)20-9-8-14-11-15(18(22)19-23)6-7-16(14)12-20;18-14(7-10-1-2-10)17-6-5-11-8-12(15(19)16-20)3-4-13(11)9-17/h3-8,11,13,26H,9-10,12H2,1-2H3,(H,21,25)(H,22,24);2-7,10,25H,8-9,11-12H2,1H3,(H,20,24)(H,21,23);1-7,11,23H,8-10,12H2,(H,19,22);3-4,8,10,20H,1-2,5-7,9H2,(H,16,19). The second kappa shape index (κ2) is 32.3. The van der Waals surface area contributed by atoms with E-state index in [2.05, 4.69) is 24.5 Å². The Kier molecular flexibility index (Phi) is 23.4. The molecule has 5 aliphatic rings. The molecule has 490 valence electrons. The van der Waals surface area contributed by atoms with E-state index >= 15 is 0 Å². The van der Waals surface area contributed by atoms with Gasteiger partial charge in [0.05, 0.1) is 6.42 Å². The van der Waals surface area contributed by atoms with E-state index in [9.17, 15) is 38.4 Å². The molecule has 1 fully saturated rings. The van der Waals surface area contributed by atoms with Crippen LogP contribution in [0.2, 0.25) is 0 Å². The average molecular weight is 1280 g/mol. The second-order valence-electron chi connectivity index (χ2n) is 24.3. The van der Waals surface area contributed by atoms with Crippen molar-refractivity contribution in [3.05, 3.63) is 241 Å². The number of amides is 10. The van der Waals surface area contributed by atoms with E-state index in [4.69, 9.17) is 20.8 Å². The molecule has 22 heteroatoms. The highest BCUT2D eigenvalue weighted by Crippen LogP contribution is 2.34. The Labute approximate surface area is 545 Å². The summed E-state index contributed by atoms with van der Waals surface area (Å²) in [4.78, 5) is 103. The number of nitrogens with one attached hydrogen (secondary N) is 6. The number of aryl methyl sites for hydroxylation is 1. The summed E-state index contributed by atoms with van der Waals surface area (Å²) < 4.78 is 0. The summed E-state index contributed by atoms with van der Waals surface area (Å²) in [5, 5.41) is 40.7. The lowest BCUT2D eigenvalue weighted by Gasteiger charge is -2.29. The van der Waals surface area contributed by atoms with E-state index in [-0.39, 0.29) is 23.9 Å². The summed E-state index contributed by atoms with van der Waals surface area (Å²) in [5.74, 6) is -0.653. The van der Waals surface area contributed by atoms with E-state index in [0.29, 0.717) is 125 Å². The minimum Gasteiger partial charge on any atom is -0.338 e. The lowest BCUT2D eigenvalue weighted by Crippen LogP contribution is -2.42. The van der Waals surface area contributed by atoms with Gasteiger partial charge in [-0.05, 0) is 179 Å². The molecule has 10 amide bonds. The number of rotatable bonds is 12. The summed E-state index contributed by atoms with van der Waals surface area (Å²) in [7, 11) is 0. The van der Waals surface area contributed by atoms with Crippen LogP contribution in [0.5, 0.6) is 0 Å². The molecule has 94 heavy (non-hydrogen) atoms. The van der Waals surface area contributed by atoms with E-state index in [1.54, 1.807) is 80.3 Å². The third-order valence-corrected chi connectivity index (χ3v) is 17.4. The van der Waals surface area contributed by atoms with Gasteiger partial charge in [0, 0.05) is 93.3 Å². The minimum absolute atomic E-state index is 0.0941. The molecule has 4 aliphatic heterocycles. The second-order valence-corrected chi connectivity index (χ2v) is 24.3. The van der Waals surface area contributed by atoms with Crippen molar-refractivity contribution in [3.8, 4) is 0 Å². The molecule has 0 unspecified atom stereocenters. The van der Waals surface area contributed by atoms with Gasteiger partial charge in [0.25, 0.3) is 23.6 Å². The topological polar surface area (TPSA) is 303 Å². The fourth-order valence-electron chi connectivity index (χ4n) is 11.5. The highest BCUT2D eigenvalue weighted by atomic mass is 16.5. The first-order chi connectivity index (χ1) is 45.4. The first-order valence-corrected chi connectivity index (χ1v) is 31.5. The number of urea groups is 2. The quantitative estimate of drug-likeness (QED) is 0.0404. The zero-order valence-electron chi connectivity index (χ0n) is 53.0. The van der Waals surface area contributed by atoms with Crippen molar-refractivity contribution in [1.82, 2.24) is 46.8 Å². The smallest absolute Gasteiger partial charge is 0.322 e. The van der Waals surface area contributed by atoms with Crippen LogP contribution in [0.25, 0.3) is 0 Å². The Morgan fingerprint density at radius 3 is 1.23 bits per heavy atom. The molecule has 0 spiro atoms. The van der Waals surface area contributed by atoms with Crippen LogP contribution < -0.4 is 32.6 Å². The summed E-state index contributed by atoms with van der Waals surface area (Å²) >= 11 is 0. The van der Waals surface area contributed by atoms with Crippen molar-refractivity contribution in [3.63, 3.8) is 0 Å². The maximum atomic E-state index is 12.5. The molecule has 0 radical (unpaired) electrons. The van der Waals surface area contributed by atoms with Crippen LogP contribution in [0.1, 0.15) is 147 Å². The van der Waals surface area contributed by atoms with Crippen LogP contribution >= 0.6 is 0 Å². The van der Waals surface area contributed by atoms with E-state index in [1.807, 2.05) is 120 Å². The van der Waals surface area contributed by atoms with Crippen LogP contribution in [0.4, 0.5) is 15.3 Å². The Morgan fingerprint density at radius 2 is 0.830 bits per heavy atom. The van der Waals surface area contributed by atoms with Crippen molar-refractivity contribution < 1.29 is 59.2 Å². The van der Waals surface area contributed by atoms with Gasteiger partial charge in [-0.25, -0.2) is 31.5 Å². The number of hydroxylamine groups is 4. The number of carbonyl (C=O) groups is 8. The number of carbonyl (C=O) groups excluding carboxylic acids is 8. The van der Waals surface area contributed by atoms with Crippen LogP contribution in [-0.2, 0) is 74.4 Å². The van der Waals surface area contributed by atoms with Crippen molar-refractivity contribution in [2.45, 2.75) is 111 Å². The molecule has 0 atom stereocenters. The molecule has 12 rings (SSSR count). The van der Waals surface area contributed by atoms with Crippen LogP contribution in [0, 0.1) is 12.8 Å². The zero-order chi connectivity index (χ0) is 66.8. The van der Waals surface area contributed by atoms with Crippen molar-refractivity contribution in [2.75, 3.05) is 31.5 Å². The van der Waals surface area contributed by atoms with Gasteiger partial charge in [0.15, 0.2) is 0 Å². The van der Waals surface area contributed by atoms with E-state index in [1.165, 1.54) is 24.0 Å². The molecule has 1 aliphatic carbocycles. The number of fused-ring (bicyclic) bond motifs is 4. The Balaban J connectivity index is 0.000000148. The molecule has 10 N–H and O–H groups in total. The molecule has 0 bridgehead atoms. The molecular formula is C72H80N10O12. The van der Waals surface area contributed by atoms with Gasteiger partial charge in [0.2, 0.25) is 11.8 Å². The third kappa shape index (κ3) is 18.5. The SMILES string of the molecule is CC(C)c1ccc(NC(=O)N2CCc3cc(C(=O)NO)ccc3C2)cc1.Cc1ccc(CNC(=O)N2CCc3cc(C(=O)NO)ccc3C2)cc1.O=C(NO)c1ccc2c(c1)CCN(C(=O)CC1CC1)C2.O=C(NO)c1ccc2c(c1)CCN(C(=O)Cc1ccccc1)C2. The summed E-state index contributed by atoms with van der Waals surface area (Å²) in [6.07, 6.45) is 6.29. The van der Waals surface area contributed by atoms with Crippen molar-refractivity contribution >= 4 is 53.2 Å². The minimum atomic E-state index is -0.530. The number of anilines is 1. The fourth-order valence-corrected chi connectivity index (χ4v) is 11.5. The number of hydrogen-bond acceptors (Lipinski definition) is 12. The van der Waals surface area contributed by atoms with Gasteiger partial charge in [-0.3, -0.25) is 49.6 Å². The lowest BCUT2D eigenvalue weighted by atomic mass is 9.96. The maximum absolute atomic E-state index is 12.5. The van der Waals surface area contributed by atoms with Gasteiger partial charge < -0.3 is 30.2 Å². The first-order valence-electron chi connectivity index (χ1n) is 31.5. The predicted molar refractivity (Wildman–Crippen MR) is 350 cm³/mol. The molecule has 1 saturated carbocycles. The Bertz CT molecular complexity index is 3880. The van der Waals surface area contributed by atoms with Gasteiger partial charge in [-0.1, -0.05) is 110 Å². The molecule has 7 aromatic rings. The summed E-state index contributed by atoms with van der Waals surface area (Å²) in [6.45, 7) is 11.5. The Morgan fingerprint density at radius 1 is 0.436 bits per heavy atom. The highest BCUT2D eigenvalue weighted by molar-refractivity contribution is 5.96. The average Bonchev–Trinajstić information content (AvgIpc) is 1.14. The van der Waals surface area contributed by atoms with Gasteiger partial charge in [-0.2, -0.15) is 0 Å². The molecular weight excluding hydrogens is 1200 g/mol. The van der Waals surface area contributed by atoms with Gasteiger partial charge in [-0.15, -0.1) is 0 Å². The molecule has 4 heterocycles. The molecule has 22 nitrogen and oxygen atoms in total. The first kappa shape index (κ1) is 68.1. The van der Waals surface area contributed by atoms with Gasteiger partial charge >= 0.3 is 12.1 Å². The molecule has 0 aromatic heterocycles. The van der Waals surface area contributed by atoms with Crippen LogP contribution in [0.15, 0.2) is 152 Å². The number of hydrogen-bond donors (Lipinski definition) is 10. The van der Waals surface area contributed by atoms with Crippen LogP contribution in [-0.4, -0.2) is 114 Å². The monoisotopic (exact) mass is 1280 g/mol. The zero-order valence-corrected chi connectivity index (χ0v) is 53.0. The number of benzene rings is 7. The van der Waals surface area contributed by atoms with Crippen LogP contribution in [0.3, 0.4) is 0 Å². The molecule has 7 aromatic carbocycles. The summed E-state index contributed by atoms with van der Waals surface area (Å²) in [6, 6.07) is 46.6. The largest absolute Gasteiger partial charge is 0.338 e. The predicted octanol–water partition coefficient (Wildman–Crippen LogP) is 9.32. The van der Waals surface area contributed by atoms with Gasteiger partial charge in [0.1, 0.15) is 0 Å². The fraction of sp³-hybridized carbons (Fsp3) is 0.306. The summed E-state index contributed by atoms with van der Waals surface area (Å²) in [5.41, 5.74) is 21.9. The highest BCUT2D eigenvalue weighted by Gasteiger charge is 2.30. The Hall–Kier alpha value is -10.3. The third-order valence-electron chi connectivity index (χ3n) is 17.4. The van der Waals surface area contributed by atoms with Crippen molar-refractivity contribution in [1.29, 1.82) is 0 Å².